The predicted octanol–water partition coefficient (Wildman–Crippen LogP) is -0.0966. The quantitative estimate of drug-likeness (QED) is 0.552. The van der Waals surface area contributed by atoms with Crippen LogP contribution in [0.3, 0.4) is 0 Å². The highest BCUT2D eigenvalue weighted by Gasteiger charge is 1.96. The van der Waals surface area contributed by atoms with E-state index in [0.29, 0.717) is 0 Å². The highest BCUT2D eigenvalue weighted by atomic mass is 16.1. The van der Waals surface area contributed by atoms with E-state index in [4.69, 9.17) is 0 Å². The average molecular weight is 147 g/mol. The Labute approximate surface area is 67.0 Å². The van der Waals surface area contributed by atoms with Crippen LogP contribution in [0.4, 0.5) is 5.69 Å². The molecule has 2 nitrogen and oxygen atoms in total. The summed E-state index contributed by atoms with van der Waals surface area (Å²) in [6.45, 7) is 1.51. The first-order valence-corrected chi connectivity index (χ1v) is 3.53. The predicted molar refractivity (Wildman–Crippen MR) is 48.9 cm³/mol. The Morgan fingerprint density at radius 1 is 1.45 bits per heavy atom. The van der Waals surface area contributed by atoms with Crippen LogP contribution in [-0.2, 0) is 4.79 Å². The summed E-state index contributed by atoms with van der Waals surface area (Å²) in [5, 5.41) is 2.73. The van der Waals surface area contributed by atoms with Crippen molar-refractivity contribution in [2.45, 2.75) is 6.92 Å². The van der Waals surface area contributed by atoms with Gasteiger partial charge >= 0.3 is 0 Å². The van der Waals surface area contributed by atoms with Crippen molar-refractivity contribution in [3.8, 4) is 0 Å². The number of amides is 1. The Morgan fingerprint density at radius 3 is 2.64 bits per heavy atom. The lowest BCUT2D eigenvalue weighted by Crippen LogP contribution is -2.15. The number of rotatable bonds is 1. The van der Waals surface area contributed by atoms with Crippen molar-refractivity contribution in [2.75, 3.05) is 5.32 Å². The molecule has 0 unspecified atom stereocenters. The van der Waals surface area contributed by atoms with Crippen LogP contribution >= 0.6 is 0 Å². The van der Waals surface area contributed by atoms with Crippen molar-refractivity contribution in [3.05, 3.63) is 24.3 Å². The monoisotopic (exact) mass is 147 g/mol. The van der Waals surface area contributed by atoms with Gasteiger partial charge in [-0.25, -0.2) is 0 Å². The van der Waals surface area contributed by atoms with E-state index in [1.807, 2.05) is 32.1 Å². The van der Waals surface area contributed by atoms with E-state index in [9.17, 15) is 4.79 Å². The fourth-order valence-electron chi connectivity index (χ4n) is 0.903. The number of nitrogens with one attached hydrogen (secondary N) is 1. The van der Waals surface area contributed by atoms with Gasteiger partial charge in [-0.05, 0) is 6.07 Å². The summed E-state index contributed by atoms with van der Waals surface area (Å²) in [6.07, 6.45) is 0. The summed E-state index contributed by atoms with van der Waals surface area (Å²) in [7, 11) is 1.96. The smallest absolute Gasteiger partial charge is 0.221 e. The van der Waals surface area contributed by atoms with E-state index in [1.54, 1.807) is 0 Å². The number of para-hydroxylation sites is 1. The van der Waals surface area contributed by atoms with Crippen LogP contribution in [0, 0.1) is 0 Å². The maximum Gasteiger partial charge on any atom is 0.221 e. The second-order valence-corrected chi connectivity index (χ2v) is 2.50. The van der Waals surface area contributed by atoms with Crippen LogP contribution < -0.4 is 10.8 Å². The molecule has 1 N–H and O–H groups in total. The minimum Gasteiger partial charge on any atom is -0.327 e. The van der Waals surface area contributed by atoms with Crippen molar-refractivity contribution in [2.24, 2.45) is 0 Å². The average Bonchev–Trinajstić information content (AvgIpc) is 1.93. The molecule has 1 aromatic carbocycles. The van der Waals surface area contributed by atoms with Crippen LogP contribution in [0.2, 0.25) is 0 Å². The maximum absolute atomic E-state index is 10.7. The van der Waals surface area contributed by atoms with Crippen LogP contribution in [0.25, 0.3) is 0 Å². The van der Waals surface area contributed by atoms with Crippen LogP contribution in [0.1, 0.15) is 6.92 Å². The largest absolute Gasteiger partial charge is 0.327 e. The molecule has 0 aliphatic rings. The molecular weight excluding hydrogens is 137 g/mol. The Balaban J connectivity index is 2.86. The first-order chi connectivity index (χ1) is 5.20. The van der Waals surface area contributed by atoms with E-state index in [-0.39, 0.29) is 5.91 Å². The SMILES string of the molecule is Bc1ccccc1NC(C)=O. The summed E-state index contributed by atoms with van der Waals surface area (Å²) >= 11 is 0. The molecule has 1 rings (SSSR count). The zero-order valence-electron chi connectivity index (χ0n) is 6.72. The molecule has 0 spiro atoms. The second kappa shape index (κ2) is 3.24. The van der Waals surface area contributed by atoms with Crippen LogP contribution in [-0.4, -0.2) is 13.8 Å². The topological polar surface area (TPSA) is 29.1 Å². The van der Waals surface area contributed by atoms with Crippen molar-refractivity contribution >= 4 is 24.9 Å². The molecule has 1 aromatic rings. The third-order valence-electron chi connectivity index (χ3n) is 1.46. The first kappa shape index (κ1) is 7.86. The molecule has 56 valence electrons. The number of carbonyl (C=O) groups is 1. The van der Waals surface area contributed by atoms with Gasteiger partial charge in [-0.3, -0.25) is 4.79 Å². The van der Waals surface area contributed by atoms with Gasteiger partial charge in [-0.15, -0.1) is 0 Å². The van der Waals surface area contributed by atoms with Gasteiger partial charge in [0.2, 0.25) is 5.91 Å². The van der Waals surface area contributed by atoms with Gasteiger partial charge in [-0.1, -0.05) is 23.7 Å². The lowest BCUT2D eigenvalue weighted by Gasteiger charge is -2.04. The highest BCUT2D eigenvalue weighted by molar-refractivity contribution is 6.36. The lowest BCUT2D eigenvalue weighted by atomic mass is 9.94. The number of anilines is 1. The molecule has 1 amide bonds. The molecule has 3 heteroatoms. The Kier molecular flexibility index (Phi) is 2.31. The van der Waals surface area contributed by atoms with Crippen molar-refractivity contribution < 1.29 is 4.79 Å². The molecule has 0 atom stereocenters. The Morgan fingerprint density at radius 2 is 2.09 bits per heavy atom. The lowest BCUT2D eigenvalue weighted by molar-refractivity contribution is -0.114. The van der Waals surface area contributed by atoms with E-state index >= 15 is 0 Å². The fourth-order valence-corrected chi connectivity index (χ4v) is 0.903. The molecule has 0 saturated carbocycles. The van der Waals surface area contributed by atoms with Crippen molar-refractivity contribution in [1.82, 2.24) is 0 Å². The van der Waals surface area contributed by atoms with E-state index < -0.39 is 0 Å². The Hall–Kier alpha value is -1.25. The summed E-state index contributed by atoms with van der Waals surface area (Å²) in [5.41, 5.74) is 1.97. The number of benzene rings is 1. The van der Waals surface area contributed by atoms with Crippen LogP contribution in [0.15, 0.2) is 24.3 Å². The number of hydrogen-bond donors (Lipinski definition) is 1. The highest BCUT2D eigenvalue weighted by Crippen LogP contribution is 2.00. The third kappa shape index (κ3) is 2.11. The summed E-state index contributed by atoms with van der Waals surface area (Å²) < 4.78 is 0. The number of carbonyl (C=O) groups excluding carboxylic acids is 1. The second-order valence-electron chi connectivity index (χ2n) is 2.50. The zero-order chi connectivity index (χ0) is 8.27. The summed E-state index contributed by atoms with van der Waals surface area (Å²) in [4.78, 5) is 10.7. The minimum absolute atomic E-state index is 0.0284. The maximum atomic E-state index is 10.7. The van der Waals surface area contributed by atoms with E-state index in [2.05, 4.69) is 5.32 Å². The number of hydrogen-bond acceptors (Lipinski definition) is 1. The molecule has 0 heterocycles. The minimum atomic E-state index is -0.0284. The molecule has 0 saturated heterocycles. The van der Waals surface area contributed by atoms with E-state index in [0.717, 1.165) is 11.2 Å². The third-order valence-corrected chi connectivity index (χ3v) is 1.46. The molecule has 0 radical (unpaired) electrons. The van der Waals surface area contributed by atoms with Crippen LogP contribution in [0.5, 0.6) is 0 Å². The van der Waals surface area contributed by atoms with Crippen molar-refractivity contribution in [1.29, 1.82) is 0 Å². The molecule has 0 bridgehead atoms. The standard InChI is InChI=1S/C8H10BNO/c1-6(11)10-8-5-3-2-4-7(8)9/h2-5H,9H2,1H3,(H,10,11). The molecule has 0 aliphatic carbocycles. The summed E-state index contributed by atoms with van der Waals surface area (Å²) in [6, 6.07) is 7.70. The molecule has 11 heavy (non-hydrogen) atoms. The first-order valence-electron chi connectivity index (χ1n) is 3.53. The molecule has 0 aromatic heterocycles. The van der Waals surface area contributed by atoms with Gasteiger partial charge < -0.3 is 5.32 Å². The molecular formula is C8H10BNO. The molecule has 0 fully saturated rings. The van der Waals surface area contributed by atoms with Gasteiger partial charge in [0.25, 0.3) is 0 Å². The van der Waals surface area contributed by atoms with Gasteiger partial charge in [0.05, 0.1) is 0 Å². The van der Waals surface area contributed by atoms with Gasteiger partial charge in [0.1, 0.15) is 7.85 Å². The molecule has 0 aliphatic heterocycles. The zero-order valence-corrected chi connectivity index (χ0v) is 6.72. The normalized spacial score (nSPS) is 9.18. The fraction of sp³-hybridized carbons (Fsp3) is 0.125. The van der Waals surface area contributed by atoms with Gasteiger partial charge in [0.15, 0.2) is 0 Å². The Bertz CT molecular complexity index is 273. The van der Waals surface area contributed by atoms with E-state index in [1.165, 1.54) is 6.92 Å². The summed E-state index contributed by atoms with van der Waals surface area (Å²) in [5.74, 6) is -0.0284. The van der Waals surface area contributed by atoms with Crippen molar-refractivity contribution in [3.63, 3.8) is 0 Å². The van der Waals surface area contributed by atoms with Gasteiger partial charge in [-0.2, -0.15) is 0 Å². The van der Waals surface area contributed by atoms with Gasteiger partial charge in [0, 0.05) is 12.6 Å².